The third-order valence-corrected chi connectivity index (χ3v) is 6.01. The molecule has 0 bridgehead atoms. The van der Waals surface area contributed by atoms with Crippen molar-refractivity contribution < 1.29 is 9.53 Å². The van der Waals surface area contributed by atoms with Crippen LogP contribution in [-0.4, -0.2) is 41.6 Å². The van der Waals surface area contributed by atoms with Crippen LogP contribution in [0.3, 0.4) is 0 Å². The number of carbonyl (C=O) groups excluding carboxylic acids is 1. The van der Waals surface area contributed by atoms with Gasteiger partial charge >= 0.3 is 0 Å². The highest BCUT2D eigenvalue weighted by Gasteiger charge is 2.30. The van der Waals surface area contributed by atoms with E-state index in [2.05, 4.69) is 17.1 Å². The summed E-state index contributed by atoms with van der Waals surface area (Å²) in [7, 11) is 0. The van der Waals surface area contributed by atoms with Gasteiger partial charge in [-0.2, -0.15) is 0 Å². The van der Waals surface area contributed by atoms with E-state index >= 15 is 0 Å². The van der Waals surface area contributed by atoms with Gasteiger partial charge in [-0.15, -0.1) is 0 Å². The van der Waals surface area contributed by atoms with E-state index in [1.54, 1.807) is 0 Å². The Morgan fingerprint density at radius 1 is 1.10 bits per heavy atom. The minimum absolute atomic E-state index is 0.00188. The molecule has 1 unspecified atom stereocenters. The van der Waals surface area contributed by atoms with Gasteiger partial charge in [-0.05, 0) is 44.2 Å². The van der Waals surface area contributed by atoms with Crippen molar-refractivity contribution in [3.63, 3.8) is 0 Å². The number of ether oxygens (including phenoxy) is 1. The lowest BCUT2D eigenvalue weighted by Gasteiger charge is -2.34. The summed E-state index contributed by atoms with van der Waals surface area (Å²) < 4.78 is 5.95. The quantitative estimate of drug-likeness (QED) is 0.797. The van der Waals surface area contributed by atoms with Crippen LogP contribution in [0, 0.1) is 5.92 Å². The number of anilines is 1. The fourth-order valence-electron chi connectivity index (χ4n) is 4.43. The molecule has 29 heavy (non-hydrogen) atoms. The number of hydrogen-bond acceptors (Lipinski definition) is 5. The van der Waals surface area contributed by atoms with Gasteiger partial charge in [0.25, 0.3) is 5.88 Å². The van der Waals surface area contributed by atoms with Gasteiger partial charge in [0.15, 0.2) is 5.82 Å². The third kappa shape index (κ3) is 4.80. The number of benzene rings is 1. The lowest BCUT2D eigenvalue weighted by Crippen LogP contribution is -2.46. The van der Waals surface area contributed by atoms with Crippen LogP contribution < -0.4 is 15.0 Å². The van der Waals surface area contributed by atoms with Gasteiger partial charge in [-0.3, -0.25) is 4.79 Å². The molecular weight excluding hydrogens is 364 g/mol. The zero-order valence-corrected chi connectivity index (χ0v) is 17.4. The van der Waals surface area contributed by atoms with Gasteiger partial charge in [-0.1, -0.05) is 38.3 Å². The first kappa shape index (κ1) is 19.9. The molecule has 1 aliphatic heterocycles. The molecule has 0 radical (unpaired) electrons. The van der Waals surface area contributed by atoms with Crippen molar-refractivity contribution in [1.82, 2.24) is 15.3 Å². The van der Waals surface area contributed by atoms with Crippen molar-refractivity contribution in [2.45, 2.75) is 64.3 Å². The maximum Gasteiger partial charge on any atom is 0.258 e. The van der Waals surface area contributed by atoms with Crippen LogP contribution >= 0.6 is 0 Å². The molecule has 1 N–H and O–H groups in total. The van der Waals surface area contributed by atoms with Crippen LogP contribution in [0.2, 0.25) is 0 Å². The predicted molar refractivity (Wildman–Crippen MR) is 115 cm³/mol. The number of nitrogens with zero attached hydrogens (tertiary/aromatic N) is 3. The average molecular weight is 397 g/mol. The molecule has 1 saturated carbocycles. The van der Waals surface area contributed by atoms with E-state index < -0.39 is 0 Å². The van der Waals surface area contributed by atoms with E-state index in [0.29, 0.717) is 25.1 Å². The molecule has 2 fully saturated rings. The molecule has 1 aliphatic carbocycles. The molecule has 2 aromatic rings. The Morgan fingerprint density at radius 3 is 2.62 bits per heavy atom. The highest BCUT2D eigenvalue weighted by atomic mass is 16.5. The molecule has 4 rings (SSSR count). The Morgan fingerprint density at radius 2 is 1.86 bits per heavy atom. The summed E-state index contributed by atoms with van der Waals surface area (Å²) in [4.78, 5) is 24.7. The molecule has 1 saturated heterocycles. The molecule has 2 heterocycles. The molecule has 6 heteroatoms. The molecule has 1 atom stereocenters. The Balaban J connectivity index is 1.52. The maximum absolute atomic E-state index is 12.9. The first-order valence-electron chi connectivity index (χ1n) is 11.2. The fraction of sp³-hybridized carbons (Fsp3) is 0.609. The van der Waals surface area contributed by atoms with Crippen LogP contribution in [0.25, 0.3) is 11.0 Å². The van der Waals surface area contributed by atoms with E-state index in [1.165, 1.54) is 19.3 Å². The maximum atomic E-state index is 12.9. The normalized spacial score (nSPS) is 20.6. The van der Waals surface area contributed by atoms with Crippen molar-refractivity contribution in [3.05, 3.63) is 24.3 Å². The van der Waals surface area contributed by atoms with Crippen molar-refractivity contribution in [3.8, 4) is 5.88 Å². The summed E-state index contributed by atoms with van der Waals surface area (Å²) in [6.07, 6.45) is 8.82. The first-order valence-corrected chi connectivity index (χ1v) is 11.2. The van der Waals surface area contributed by atoms with Gasteiger partial charge < -0.3 is 15.0 Å². The van der Waals surface area contributed by atoms with Gasteiger partial charge in [0.1, 0.15) is 0 Å². The topological polar surface area (TPSA) is 67.4 Å². The standard InChI is InChI=1S/C23H32N4O2/c1-2-15-29-23-21(25-19-12-6-7-13-20(19)26-23)27-14-8-9-17(16-27)22(28)24-18-10-4-3-5-11-18/h6-7,12-13,17-18H,2-5,8-11,14-16H2,1H3,(H,24,28). The summed E-state index contributed by atoms with van der Waals surface area (Å²) in [5.41, 5.74) is 1.70. The van der Waals surface area contributed by atoms with E-state index in [-0.39, 0.29) is 11.8 Å². The number of amides is 1. The summed E-state index contributed by atoms with van der Waals surface area (Å²) in [5, 5.41) is 3.31. The second-order valence-electron chi connectivity index (χ2n) is 8.32. The fourth-order valence-corrected chi connectivity index (χ4v) is 4.43. The van der Waals surface area contributed by atoms with Gasteiger partial charge in [0, 0.05) is 19.1 Å². The molecule has 1 aromatic heterocycles. The Kier molecular flexibility index (Phi) is 6.47. The summed E-state index contributed by atoms with van der Waals surface area (Å²) in [6, 6.07) is 8.24. The lowest BCUT2D eigenvalue weighted by molar-refractivity contribution is -0.126. The number of nitrogens with one attached hydrogen (secondary N) is 1. The summed E-state index contributed by atoms with van der Waals surface area (Å²) in [6.45, 7) is 4.25. The first-order chi connectivity index (χ1) is 14.2. The Hall–Kier alpha value is -2.37. The number of fused-ring (bicyclic) bond motifs is 1. The van der Waals surface area contributed by atoms with Crippen molar-refractivity contribution in [1.29, 1.82) is 0 Å². The minimum atomic E-state index is -0.00188. The van der Waals surface area contributed by atoms with E-state index in [4.69, 9.17) is 14.7 Å². The third-order valence-electron chi connectivity index (χ3n) is 6.01. The SMILES string of the molecule is CCCOc1nc2ccccc2nc1N1CCCC(C(=O)NC2CCCCC2)C1. The molecule has 6 nitrogen and oxygen atoms in total. The molecule has 0 spiro atoms. The zero-order chi connectivity index (χ0) is 20.1. The predicted octanol–water partition coefficient (Wildman–Crippen LogP) is 4.08. The number of para-hydroxylation sites is 2. The van der Waals surface area contributed by atoms with Crippen LogP contribution in [-0.2, 0) is 4.79 Å². The molecule has 156 valence electrons. The highest BCUT2D eigenvalue weighted by Crippen LogP contribution is 2.31. The number of piperidine rings is 1. The highest BCUT2D eigenvalue weighted by molar-refractivity contribution is 5.81. The Bertz CT molecular complexity index is 835. The number of rotatable bonds is 6. The van der Waals surface area contributed by atoms with Gasteiger partial charge in [0.2, 0.25) is 5.91 Å². The van der Waals surface area contributed by atoms with Crippen molar-refractivity contribution in [2.75, 3.05) is 24.6 Å². The van der Waals surface area contributed by atoms with Crippen LogP contribution in [0.1, 0.15) is 58.3 Å². The zero-order valence-electron chi connectivity index (χ0n) is 17.4. The van der Waals surface area contributed by atoms with E-state index in [9.17, 15) is 4.79 Å². The minimum Gasteiger partial charge on any atom is -0.475 e. The average Bonchev–Trinajstić information content (AvgIpc) is 2.78. The largest absolute Gasteiger partial charge is 0.475 e. The Labute approximate surface area is 173 Å². The second kappa shape index (κ2) is 9.42. The molecule has 1 aromatic carbocycles. The number of aromatic nitrogens is 2. The summed E-state index contributed by atoms with van der Waals surface area (Å²) >= 11 is 0. The summed E-state index contributed by atoms with van der Waals surface area (Å²) in [5.74, 6) is 1.55. The van der Waals surface area contributed by atoms with Gasteiger partial charge in [-0.25, -0.2) is 9.97 Å². The lowest BCUT2D eigenvalue weighted by atomic mass is 9.93. The van der Waals surface area contributed by atoms with E-state index in [1.807, 2.05) is 24.3 Å². The molecular formula is C23H32N4O2. The molecule has 2 aliphatic rings. The number of hydrogen-bond donors (Lipinski definition) is 1. The monoisotopic (exact) mass is 396 g/mol. The van der Waals surface area contributed by atoms with Gasteiger partial charge in [0.05, 0.1) is 23.6 Å². The van der Waals surface area contributed by atoms with Crippen molar-refractivity contribution >= 4 is 22.8 Å². The molecule has 1 amide bonds. The van der Waals surface area contributed by atoms with Crippen LogP contribution in [0.5, 0.6) is 5.88 Å². The second-order valence-corrected chi connectivity index (χ2v) is 8.32. The van der Waals surface area contributed by atoms with Crippen molar-refractivity contribution in [2.24, 2.45) is 5.92 Å². The van der Waals surface area contributed by atoms with E-state index in [0.717, 1.165) is 55.5 Å². The number of carbonyl (C=O) groups is 1. The smallest absolute Gasteiger partial charge is 0.258 e. The van der Waals surface area contributed by atoms with Crippen LogP contribution in [0.15, 0.2) is 24.3 Å². The van der Waals surface area contributed by atoms with Crippen LogP contribution in [0.4, 0.5) is 5.82 Å².